The Hall–Kier alpha value is -1.51. The molecule has 1 fully saturated rings. The fourth-order valence-electron chi connectivity index (χ4n) is 3.11. The van der Waals surface area contributed by atoms with Crippen molar-refractivity contribution in [1.29, 1.82) is 0 Å². The SMILES string of the molecule is CCCNc1ccc(C)cc1C(=O)N1CCC(C)CC1C. The van der Waals surface area contributed by atoms with Crippen molar-refractivity contribution in [2.45, 2.75) is 53.0 Å². The summed E-state index contributed by atoms with van der Waals surface area (Å²) >= 11 is 0. The van der Waals surface area contributed by atoms with Gasteiger partial charge >= 0.3 is 0 Å². The summed E-state index contributed by atoms with van der Waals surface area (Å²) in [6.07, 6.45) is 3.27. The van der Waals surface area contributed by atoms with E-state index in [0.29, 0.717) is 6.04 Å². The molecule has 2 atom stereocenters. The summed E-state index contributed by atoms with van der Waals surface area (Å²) in [5.74, 6) is 0.899. The number of nitrogens with zero attached hydrogens (tertiary/aromatic N) is 1. The molecule has 0 saturated carbocycles. The number of rotatable bonds is 4. The quantitative estimate of drug-likeness (QED) is 0.905. The average molecular weight is 288 g/mol. The van der Waals surface area contributed by atoms with E-state index in [1.807, 2.05) is 24.0 Å². The van der Waals surface area contributed by atoms with Gasteiger partial charge in [-0.05, 0) is 51.2 Å². The first kappa shape index (κ1) is 15.9. The summed E-state index contributed by atoms with van der Waals surface area (Å²) in [5, 5.41) is 3.39. The molecule has 1 heterocycles. The molecule has 1 amide bonds. The van der Waals surface area contributed by atoms with Crippen LogP contribution in [-0.2, 0) is 0 Å². The molecule has 1 saturated heterocycles. The Morgan fingerprint density at radius 2 is 2.14 bits per heavy atom. The van der Waals surface area contributed by atoms with Crippen LogP contribution in [0.25, 0.3) is 0 Å². The lowest BCUT2D eigenvalue weighted by molar-refractivity contribution is 0.0589. The van der Waals surface area contributed by atoms with Crippen LogP contribution in [0.1, 0.15) is 56.0 Å². The second-order valence-electron chi connectivity index (χ2n) is 6.45. The van der Waals surface area contributed by atoms with Crippen molar-refractivity contribution in [1.82, 2.24) is 4.90 Å². The van der Waals surface area contributed by atoms with Crippen LogP contribution in [0, 0.1) is 12.8 Å². The number of anilines is 1. The van der Waals surface area contributed by atoms with E-state index < -0.39 is 0 Å². The van der Waals surface area contributed by atoms with Gasteiger partial charge in [-0.3, -0.25) is 4.79 Å². The first-order chi connectivity index (χ1) is 10.0. The van der Waals surface area contributed by atoms with E-state index in [-0.39, 0.29) is 5.91 Å². The van der Waals surface area contributed by atoms with E-state index in [0.717, 1.165) is 55.1 Å². The van der Waals surface area contributed by atoms with Crippen molar-refractivity contribution in [3.05, 3.63) is 29.3 Å². The van der Waals surface area contributed by atoms with Gasteiger partial charge in [0.1, 0.15) is 0 Å². The highest BCUT2D eigenvalue weighted by molar-refractivity contribution is 6.00. The number of aryl methyl sites for hydroxylation is 1. The van der Waals surface area contributed by atoms with Crippen molar-refractivity contribution < 1.29 is 4.79 Å². The molecule has 2 unspecified atom stereocenters. The zero-order chi connectivity index (χ0) is 15.4. The van der Waals surface area contributed by atoms with E-state index in [2.05, 4.69) is 32.2 Å². The van der Waals surface area contributed by atoms with Crippen molar-refractivity contribution in [3.8, 4) is 0 Å². The molecule has 1 aliphatic heterocycles. The van der Waals surface area contributed by atoms with Gasteiger partial charge in [0.15, 0.2) is 0 Å². The summed E-state index contributed by atoms with van der Waals surface area (Å²) in [7, 11) is 0. The Morgan fingerprint density at radius 1 is 1.38 bits per heavy atom. The molecule has 116 valence electrons. The molecule has 0 radical (unpaired) electrons. The second kappa shape index (κ2) is 6.97. The number of nitrogens with one attached hydrogen (secondary N) is 1. The first-order valence-electron chi connectivity index (χ1n) is 8.18. The Labute approximate surface area is 128 Å². The summed E-state index contributed by atoms with van der Waals surface area (Å²) in [6.45, 7) is 10.4. The van der Waals surface area contributed by atoms with E-state index in [1.54, 1.807) is 0 Å². The van der Waals surface area contributed by atoms with Crippen LogP contribution in [-0.4, -0.2) is 29.9 Å². The summed E-state index contributed by atoms with van der Waals surface area (Å²) < 4.78 is 0. The molecule has 1 aliphatic rings. The molecule has 1 aromatic carbocycles. The zero-order valence-electron chi connectivity index (χ0n) is 13.8. The molecule has 0 spiro atoms. The minimum Gasteiger partial charge on any atom is -0.384 e. The van der Waals surface area contributed by atoms with Gasteiger partial charge in [0.05, 0.1) is 5.56 Å². The summed E-state index contributed by atoms with van der Waals surface area (Å²) in [6, 6.07) is 6.46. The molecule has 1 aromatic rings. The predicted molar refractivity (Wildman–Crippen MR) is 88.9 cm³/mol. The average Bonchev–Trinajstić information content (AvgIpc) is 2.45. The third kappa shape index (κ3) is 3.78. The molecular formula is C18H28N2O. The number of carbonyl (C=O) groups is 1. The van der Waals surface area contributed by atoms with Gasteiger partial charge in [0.2, 0.25) is 0 Å². The van der Waals surface area contributed by atoms with Gasteiger partial charge in [-0.1, -0.05) is 25.5 Å². The standard InChI is InChI=1S/C18H28N2O/c1-5-9-19-17-7-6-13(2)12-16(17)18(21)20-10-8-14(3)11-15(20)4/h6-7,12,14-15,19H,5,8-11H2,1-4H3. The highest BCUT2D eigenvalue weighted by Crippen LogP contribution is 2.26. The topological polar surface area (TPSA) is 32.3 Å². The maximum absolute atomic E-state index is 12.9. The highest BCUT2D eigenvalue weighted by atomic mass is 16.2. The van der Waals surface area contributed by atoms with Gasteiger partial charge in [0, 0.05) is 24.8 Å². The summed E-state index contributed by atoms with van der Waals surface area (Å²) in [4.78, 5) is 15.0. The lowest BCUT2D eigenvalue weighted by Crippen LogP contribution is -2.44. The van der Waals surface area contributed by atoms with Crippen molar-refractivity contribution in [3.63, 3.8) is 0 Å². The molecular weight excluding hydrogens is 260 g/mol. The Morgan fingerprint density at radius 3 is 2.81 bits per heavy atom. The number of likely N-dealkylation sites (tertiary alicyclic amines) is 1. The monoisotopic (exact) mass is 288 g/mol. The van der Waals surface area contributed by atoms with Gasteiger partial charge in [0.25, 0.3) is 5.91 Å². The summed E-state index contributed by atoms with van der Waals surface area (Å²) in [5.41, 5.74) is 2.93. The molecule has 0 bridgehead atoms. The highest BCUT2D eigenvalue weighted by Gasteiger charge is 2.28. The molecule has 0 aliphatic carbocycles. The third-order valence-corrected chi connectivity index (χ3v) is 4.37. The minimum absolute atomic E-state index is 0.178. The van der Waals surface area contributed by atoms with E-state index in [9.17, 15) is 4.79 Å². The Balaban J connectivity index is 2.23. The van der Waals surface area contributed by atoms with Crippen molar-refractivity contribution in [2.75, 3.05) is 18.4 Å². The van der Waals surface area contributed by atoms with Crippen LogP contribution >= 0.6 is 0 Å². The van der Waals surface area contributed by atoms with Crippen LogP contribution < -0.4 is 5.32 Å². The van der Waals surface area contributed by atoms with E-state index in [4.69, 9.17) is 0 Å². The van der Waals surface area contributed by atoms with E-state index >= 15 is 0 Å². The largest absolute Gasteiger partial charge is 0.384 e. The number of amides is 1. The van der Waals surface area contributed by atoms with Gasteiger partial charge in [-0.25, -0.2) is 0 Å². The zero-order valence-corrected chi connectivity index (χ0v) is 13.8. The number of hydrogen-bond acceptors (Lipinski definition) is 2. The fourth-order valence-corrected chi connectivity index (χ4v) is 3.11. The molecule has 1 N–H and O–H groups in total. The lowest BCUT2D eigenvalue weighted by Gasteiger charge is -2.37. The molecule has 0 aromatic heterocycles. The fraction of sp³-hybridized carbons (Fsp3) is 0.611. The number of piperidine rings is 1. The number of benzene rings is 1. The maximum atomic E-state index is 12.9. The van der Waals surface area contributed by atoms with E-state index in [1.165, 1.54) is 0 Å². The molecule has 3 heteroatoms. The van der Waals surface area contributed by atoms with Crippen LogP contribution in [0.3, 0.4) is 0 Å². The first-order valence-corrected chi connectivity index (χ1v) is 8.18. The van der Waals surface area contributed by atoms with Crippen LogP contribution in [0.15, 0.2) is 18.2 Å². The third-order valence-electron chi connectivity index (χ3n) is 4.37. The number of hydrogen-bond donors (Lipinski definition) is 1. The van der Waals surface area contributed by atoms with Gasteiger partial charge in [-0.15, -0.1) is 0 Å². The van der Waals surface area contributed by atoms with Gasteiger partial charge in [-0.2, -0.15) is 0 Å². The predicted octanol–water partition coefficient (Wildman–Crippen LogP) is 4.08. The Kier molecular flexibility index (Phi) is 5.27. The lowest BCUT2D eigenvalue weighted by atomic mass is 9.92. The van der Waals surface area contributed by atoms with Crippen molar-refractivity contribution >= 4 is 11.6 Å². The second-order valence-corrected chi connectivity index (χ2v) is 6.45. The number of carbonyl (C=O) groups excluding carboxylic acids is 1. The minimum atomic E-state index is 0.178. The normalized spacial score (nSPS) is 22.2. The smallest absolute Gasteiger partial charge is 0.256 e. The maximum Gasteiger partial charge on any atom is 0.256 e. The van der Waals surface area contributed by atoms with Gasteiger partial charge < -0.3 is 10.2 Å². The van der Waals surface area contributed by atoms with Crippen molar-refractivity contribution in [2.24, 2.45) is 5.92 Å². The molecule has 2 rings (SSSR count). The Bertz CT molecular complexity index is 498. The molecule has 3 nitrogen and oxygen atoms in total. The van der Waals surface area contributed by atoms with Crippen LogP contribution in [0.5, 0.6) is 0 Å². The van der Waals surface area contributed by atoms with Crippen LogP contribution in [0.2, 0.25) is 0 Å². The van der Waals surface area contributed by atoms with Crippen LogP contribution in [0.4, 0.5) is 5.69 Å². The molecule has 21 heavy (non-hydrogen) atoms.